The molecule has 0 N–H and O–H groups in total. The van der Waals surface area contributed by atoms with E-state index in [-0.39, 0.29) is 18.9 Å². The fourth-order valence-electron chi connectivity index (χ4n) is 1.34. The molecule has 1 fully saturated rings. The van der Waals surface area contributed by atoms with Crippen LogP contribution in [0.15, 0.2) is 0 Å². The minimum absolute atomic E-state index is 0. The van der Waals surface area contributed by atoms with Gasteiger partial charge in [-0.05, 0) is 6.42 Å². The van der Waals surface area contributed by atoms with Gasteiger partial charge in [-0.3, -0.25) is 5.92 Å². The third-order valence-corrected chi connectivity index (χ3v) is 2.05. The maximum absolute atomic E-state index is 7.08. The van der Waals surface area contributed by atoms with E-state index in [0.29, 0.717) is 13.2 Å². The molecule has 2 nitrogen and oxygen atoms in total. The molecule has 0 aromatic carbocycles. The van der Waals surface area contributed by atoms with Gasteiger partial charge in [0.25, 0.3) is 0 Å². The summed E-state index contributed by atoms with van der Waals surface area (Å²) >= 11 is 0. The van der Waals surface area contributed by atoms with E-state index in [2.05, 4.69) is 12.8 Å². The second-order valence-corrected chi connectivity index (χ2v) is 3.03. The van der Waals surface area contributed by atoms with E-state index in [4.69, 9.17) is 15.9 Å². The van der Waals surface area contributed by atoms with Gasteiger partial charge in [-0.2, -0.15) is 0 Å². The van der Waals surface area contributed by atoms with Gasteiger partial charge in [0.15, 0.2) is 5.79 Å². The van der Waals surface area contributed by atoms with Gasteiger partial charge in [-0.25, -0.2) is 0 Å². The Morgan fingerprint density at radius 3 is 2.38 bits per heavy atom. The summed E-state index contributed by atoms with van der Waals surface area (Å²) in [4.78, 5) is 0. The van der Waals surface area contributed by atoms with Gasteiger partial charge in [0.2, 0.25) is 0 Å². The first-order valence-electron chi connectivity index (χ1n) is 4.55. The molecule has 0 aliphatic carbocycles. The van der Waals surface area contributed by atoms with Gasteiger partial charge in [0, 0.05) is 6.42 Å². The fourth-order valence-corrected chi connectivity index (χ4v) is 1.34. The molecule has 0 aromatic heterocycles. The monoisotopic (exact) mass is 174 g/mol. The zero-order valence-corrected chi connectivity index (χ0v) is 8.56. The Morgan fingerprint density at radius 2 is 1.92 bits per heavy atom. The second kappa shape index (κ2) is 6.52. The molecule has 68 valence electrons. The normalized spacial score (nSPS) is 19.1. The van der Waals surface area contributed by atoms with Crippen molar-refractivity contribution in [2.75, 3.05) is 13.2 Å². The first kappa shape index (κ1) is 13.1. The first-order chi connectivity index (χ1) is 5.83. The number of hydrogen-bond donors (Lipinski definition) is 0. The predicted molar refractivity (Wildman–Crippen MR) is 45.9 cm³/mol. The minimum Gasteiger partial charge on any atom is -0.688 e. The van der Waals surface area contributed by atoms with E-state index < -0.39 is 5.79 Å². The van der Waals surface area contributed by atoms with Crippen LogP contribution in [-0.4, -0.2) is 19.0 Å². The molecule has 1 aliphatic rings. The Hall–Kier alpha value is 0.0774. The molecule has 0 aromatic rings. The van der Waals surface area contributed by atoms with Crippen molar-refractivity contribution in [1.82, 2.24) is 0 Å². The van der Waals surface area contributed by atoms with Gasteiger partial charge < -0.3 is 15.9 Å². The first-order valence-corrected chi connectivity index (χ1v) is 4.55. The van der Waals surface area contributed by atoms with Crippen LogP contribution in [0.1, 0.15) is 32.6 Å². The average Bonchev–Trinajstić information content (AvgIpc) is 2.55. The van der Waals surface area contributed by atoms with Crippen LogP contribution in [0.3, 0.4) is 0 Å². The number of ether oxygens (including phenoxy) is 2. The van der Waals surface area contributed by atoms with Crippen LogP contribution in [0.5, 0.6) is 0 Å². The maximum Gasteiger partial charge on any atom is 1.00 e. The van der Waals surface area contributed by atoms with Crippen LogP contribution in [0.2, 0.25) is 0 Å². The number of unbranched alkanes of at least 4 members (excludes halogenated alkanes) is 2. The van der Waals surface area contributed by atoms with Crippen LogP contribution < -0.4 is 18.9 Å². The second-order valence-electron chi connectivity index (χ2n) is 3.03. The van der Waals surface area contributed by atoms with Crippen LogP contribution in [0.25, 0.3) is 0 Å². The Balaban J connectivity index is 0.00000144. The largest absolute Gasteiger partial charge is 1.00 e. The van der Waals surface area contributed by atoms with Gasteiger partial charge >= 0.3 is 18.9 Å². The molecular formula is C10H15LiO2. The summed E-state index contributed by atoms with van der Waals surface area (Å²) in [5, 5.41) is 0. The minimum atomic E-state index is -0.796. The smallest absolute Gasteiger partial charge is 0.688 e. The summed E-state index contributed by atoms with van der Waals surface area (Å²) in [6.45, 7) is 3.34. The van der Waals surface area contributed by atoms with E-state index in [1.54, 1.807) is 0 Å². The van der Waals surface area contributed by atoms with E-state index in [9.17, 15) is 0 Å². The predicted octanol–water partition coefficient (Wildman–Crippen LogP) is -1.10. The molecule has 1 heterocycles. The molecule has 0 bridgehead atoms. The standard InChI is InChI=1S/C10H15O2.Li/c1-3-5-6-7-10(4-2)11-8-9-12-10;/h3,5-9H2,1H3;/q-1;+1. The molecule has 3 heteroatoms. The summed E-state index contributed by atoms with van der Waals surface area (Å²) in [6, 6.07) is 0. The average molecular weight is 174 g/mol. The Morgan fingerprint density at radius 1 is 1.31 bits per heavy atom. The van der Waals surface area contributed by atoms with E-state index in [1.165, 1.54) is 6.42 Å². The van der Waals surface area contributed by atoms with Crippen LogP contribution in [-0.2, 0) is 9.47 Å². The molecule has 0 spiro atoms. The van der Waals surface area contributed by atoms with E-state index in [0.717, 1.165) is 19.3 Å². The third-order valence-electron chi connectivity index (χ3n) is 2.05. The van der Waals surface area contributed by atoms with E-state index in [1.807, 2.05) is 0 Å². The molecular weight excluding hydrogens is 159 g/mol. The maximum atomic E-state index is 7.08. The zero-order valence-electron chi connectivity index (χ0n) is 8.56. The zero-order chi connectivity index (χ0) is 8.86. The molecule has 0 atom stereocenters. The summed E-state index contributed by atoms with van der Waals surface area (Å²) in [7, 11) is 0. The molecule has 0 saturated carbocycles. The molecule has 0 amide bonds. The molecule has 0 unspecified atom stereocenters. The Labute approximate surface area is 92.5 Å². The van der Waals surface area contributed by atoms with Gasteiger partial charge in [-0.15, -0.1) is 0 Å². The van der Waals surface area contributed by atoms with Gasteiger partial charge in [-0.1, -0.05) is 19.8 Å². The van der Waals surface area contributed by atoms with Gasteiger partial charge in [0.05, 0.1) is 13.2 Å². The van der Waals surface area contributed by atoms with Crippen molar-refractivity contribution in [3.05, 3.63) is 6.42 Å². The SMILES string of the molecule is [C-]#CC1(CCCCC)OCCO1.[Li+]. The van der Waals surface area contributed by atoms with Crippen molar-refractivity contribution in [2.45, 2.75) is 38.4 Å². The summed E-state index contributed by atoms with van der Waals surface area (Å²) in [5.41, 5.74) is 0. The summed E-state index contributed by atoms with van der Waals surface area (Å²) in [6.07, 6.45) is 11.2. The molecule has 1 saturated heterocycles. The number of rotatable bonds is 4. The quantitative estimate of drug-likeness (QED) is 0.233. The van der Waals surface area contributed by atoms with Crippen molar-refractivity contribution < 1.29 is 28.3 Å². The third kappa shape index (κ3) is 3.75. The van der Waals surface area contributed by atoms with Crippen LogP contribution >= 0.6 is 0 Å². The summed E-state index contributed by atoms with van der Waals surface area (Å²) < 4.78 is 10.6. The molecule has 1 aliphatic heterocycles. The van der Waals surface area contributed by atoms with E-state index >= 15 is 0 Å². The molecule has 0 radical (unpaired) electrons. The molecule has 13 heavy (non-hydrogen) atoms. The fraction of sp³-hybridized carbons (Fsp3) is 0.800. The molecule has 1 rings (SSSR count). The Bertz CT molecular complexity index is 168. The van der Waals surface area contributed by atoms with Crippen molar-refractivity contribution >= 4 is 0 Å². The van der Waals surface area contributed by atoms with Crippen molar-refractivity contribution in [1.29, 1.82) is 0 Å². The number of hydrogen-bond acceptors (Lipinski definition) is 2. The topological polar surface area (TPSA) is 18.5 Å². The van der Waals surface area contributed by atoms with Crippen molar-refractivity contribution in [3.8, 4) is 5.92 Å². The van der Waals surface area contributed by atoms with Crippen LogP contribution in [0.4, 0.5) is 0 Å². The van der Waals surface area contributed by atoms with Gasteiger partial charge in [0.1, 0.15) is 0 Å². The summed E-state index contributed by atoms with van der Waals surface area (Å²) in [5.74, 6) is 1.55. The van der Waals surface area contributed by atoms with Crippen molar-refractivity contribution in [3.63, 3.8) is 0 Å². The van der Waals surface area contributed by atoms with Crippen molar-refractivity contribution in [2.24, 2.45) is 0 Å². The Kier molecular flexibility index (Phi) is 6.56. The van der Waals surface area contributed by atoms with Crippen LogP contribution in [0, 0.1) is 12.3 Å².